The Bertz CT molecular complexity index is 516. The minimum atomic E-state index is -4.39. The van der Waals surface area contributed by atoms with Crippen molar-refractivity contribution in [3.8, 4) is 0 Å². The largest absolute Gasteiger partial charge is 0.420 e. The molecule has 92 valence electrons. The van der Waals surface area contributed by atoms with Crippen LogP contribution in [0, 0.1) is 0 Å². The summed E-state index contributed by atoms with van der Waals surface area (Å²) in [5.41, 5.74) is -0.860. The van der Waals surface area contributed by atoms with Crippen molar-refractivity contribution in [1.29, 1.82) is 0 Å². The van der Waals surface area contributed by atoms with Gasteiger partial charge in [-0.2, -0.15) is 13.2 Å². The van der Waals surface area contributed by atoms with Crippen LogP contribution in [-0.2, 0) is 12.6 Å². The molecule has 2 aromatic rings. The Balaban J connectivity index is 2.49. The highest BCUT2D eigenvalue weighted by Gasteiger charge is 2.34. The van der Waals surface area contributed by atoms with Gasteiger partial charge < -0.3 is 0 Å². The fourth-order valence-corrected chi connectivity index (χ4v) is 1.69. The molecule has 0 aromatic carbocycles. The third kappa shape index (κ3) is 2.25. The lowest BCUT2D eigenvalue weighted by atomic mass is 10.2. The molecule has 0 atom stereocenters. The number of hydrogen-bond acceptors (Lipinski definition) is 2. The lowest BCUT2D eigenvalue weighted by molar-refractivity contribution is -0.136. The van der Waals surface area contributed by atoms with Crippen molar-refractivity contribution in [2.75, 3.05) is 0 Å². The van der Waals surface area contributed by atoms with Gasteiger partial charge in [0.2, 0.25) is 0 Å². The van der Waals surface area contributed by atoms with E-state index in [0.29, 0.717) is 12.2 Å². The first-order valence-corrected chi connectivity index (χ1v) is 5.44. The lowest BCUT2D eigenvalue weighted by Crippen LogP contribution is -2.08. The Morgan fingerprint density at radius 3 is 2.71 bits per heavy atom. The highest BCUT2D eigenvalue weighted by atomic mass is 19.4. The molecule has 2 aromatic heterocycles. The predicted molar refractivity (Wildman–Crippen MR) is 56.6 cm³/mol. The molecular weight excluding hydrogens is 231 g/mol. The number of hydrogen-bond donors (Lipinski definition) is 0. The second kappa shape index (κ2) is 4.35. The summed E-state index contributed by atoms with van der Waals surface area (Å²) in [7, 11) is 0. The molecule has 2 rings (SSSR count). The molecule has 0 aliphatic heterocycles. The zero-order chi connectivity index (χ0) is 12.5. The van der Waals surface area contributed by atoms with Gasteiger partial charge in [0.1, 0.15) is 11.4 Å². The number of rotatable bonds is 3. The van der Waals surface area contributed by atoms with Crippen LogP contribution in [0.2, 0.25) is 0 Å². The van der Waals surface area contributed by atoms with E-state index in [4.69, 9.17) is 0 Å². The zero-order valence-electron chi connectivity index (χ0n) is 9.33. The Morgan fingerprint density at radius 1 is 1.29 bits per heavy atom. The monoisotopic (exact) mass is 243 g/mol. The van der Waals surface area contributed by atoms with Gasteiger partial charge in [-0.05, 0) is 18.6 Å². The van der Waals surface area contributed by atoms with Crippen LogP contribution in [0.5, 0.6) is 0 Å². The Kier molecular flexibility index (Phi) is 3.04. The maximum Gasteiger partial charge on any atom is 0.420 e. The van der Waals surface area contributed by atoms with Gasteiger partial charge in [-0.1, -0.05) is 13.3 Å². The Labute approximate surface area is 96.3 Å². The molecule has 0 aliphatic carbocycles. The SMILES string of the molecule is CCCCc1nnc2c(C(F)(F)F)cccn12. The standard InChI is InChI=1S/C11H12F3N3/c1-2-3-6-9-15-16-10-8(11(12,13)14)5-4-7-17(9)10/h4-5,7H,2-3,6H2,1H3. The molecule has 0 saturated carbocycles. The van der Waals surface area contributed by atoms with Gasteiger partial charge in [0.25, 0.3) is 0 Å². The molecule has 2 heterocycles. The Hall–Kier alpha value is -1.59. The normalized spacial score (nSPS) is 12.2. The molecular formula is C11H12F3N3. The molecule has 3 nitrogen and oxygen atoms in total. The molecule has 0 amide bonds. The molecule has 6 heteroatoms. The number of unbranched alkanes of at least 4 members (excludes halogenated alkanes) is 1. The van der Waals surface area contributed by atoms with Gasteiger partial charge in [-0.3, -0.25) is 4.40 Å². The smallest absolute Gasteiger partial charge is 0.286 e. The van der Waals surface area contributed by atoms with Crippen molar-refractivity contribution >= 4 is 5.65 Å². The maximum absolute atomic E-state index is 12.7. The number of aromatic nitrogens is 3. The van der Waals surface area contributed by atoms with E-state index in [1.54, 1.807) is 6.20 Å². The minimum Gasteiger partial charge on any atom is -0.286 e. The van der Waals surface area contributed by atoms with Crippen LogP contribution < -0.4 is 0 Å². The molecule has 0 spiro atoms. The second-order valence-corrected chi connectivity index (χ2v) is 3.83. The molecule has 0 N–H and O–H groups in total. The van der Waals surface area contributed by atoms with Gasteiger partial charge in [0.15, 0.2) is 5.65 Å². The topological polar surface area (TPSA) is 30.2 Å². The number of fused-ring (bicyclic) bond motifs is 1. The predicted octanol–water partition coefficient (Wildman–Crippen LogP) is 3.09. The van der Waals surface area contributed by atoms with Gasteiger partial charge in [0, 0.05) is 12.6 Å². The first-order chi connectivity index (χ1) is 8.04. The van der Waals surface area contributed by atoms with E-state index >= 15 is 0 Å². The van der Waals surface area contributed by atoms with Crippen molar-refractivity contribution in [1.82, 2.24) is 14.6 Å². The Morgan fingerprint density at radius 2 is 2.06 bits per heavy atom. The number of halogens is 3. The summed E-state index contributed by atoms with van der Waals surface area (Å²) in [5, 5.41) is 7.45. The van der Waals surface area contributed by atoms with Crippen LogP contribution in [-0.4, -0.2) is 14.6 Å². The van der Waals surface area contributed by atoms with E-state index in [2.05, 4.69) is 10.2 Å². The zero-order valence-corrected chi connectivity index (χ0v) is 9.33. The van der Waals surface area contributed by atoms with Gasteiger partial charge in [0.05, 0.1) is 0 Å². The van der Waals surface area contributed by atoms with Crippen molar-refractivity contribution in [2.24, 2.45) is 0 Å². The van der Waals surface area contributed by atoms with Gasteiger partial charge in [-0.15, -0.1) is 10.2 Å². The summed E-state index contributed by atoms with van der Waals surface area (Å²) in [5.74, 6) is 0.577. The summed E-state index contributed by atoms with van der Waals surface area (Å²) in [4.78, 5) is 0. The van der Waals surface area contributed by atoms with Gasteiger partial charge >= 0.3 is 6.18 Å². The van der Waals surface area contributed by atoms with E-state index in [1.165, 1.54) is 10.5 Å². The summed E-state index contributed by atoms with van der Waals surface area (Å²) >= 11 is 0. The van der Waals surface area contributed by atoms with E-state index < -0.39 is 11.7 Å². The third-order valence-electron chi connectivity index (χ3n) is 2.56. The van der Waals surface area contributed by atoms with Crippen LogP contribution in [0.15, 0.2) is 18.3 Å². The molecule has 0 fully saturated rings. The summed E-state index contributed by atoms with van der Waals surface area (Å²) in [6.07, 6.45) is -0.336. The fraction of sp³-hybridized carbons (Fsp3) is 0.455. The first-order valence-electron chi connectivity index (χ1n) is 5.44. The van der Waals surface area contributed by atoms with Crippen LogP contribution in [0.25, 0.3) is 5.65 Å². The molecule has 0 unspecified atom stereocenters. The van der Waals surface area contributed by atoms with Crippen LogP contribution in [0.4, 0.5) is 13.2 Å². The quantitative estimate of drug-likeness (QED) is 0.829. The third-order valence-corrected chi connectivity index (χ3v) is 2.56. The first kappa shape index (κ1) is 11.9. The van der Waals surface area contributed by atoms with E-state index in [-0.39, 0.29) is 5.65 Å². The average molecular weight is 243 g/mol. The highest BCUT2D eigenvalue weighted by Crippen LogP contribution is 2.31. The van der Waals surface area contributed by atoms with Crippen molar-refractivity contribution in [3.63, 3.8) is 0 Å². The van der Waals surface area contributed by atoms with Gasteiger partial charge in [-0.25, -0.2) is 0 Å². The number of aryl methyl sites for hydroxylation is 1. The molecule has 0 saturated heterocycles. The number of nitrogens with zero attached hydrogens (tertiary/aromatic N) is 3. The minimum absolute atomic E-state index is 0.119. The molecule has 0 radical (unpaired) electrons. The average Bonchev–Trinajstić information content (AvgIpc) is 2.67. The lowest BCUT2D eigenvalue weighted by Gasteiger charge is -2.07. The van der Waals surface area contributed by atoms with Crippen molar-refractivity contribution in [2.45, 2.75) is 32.4 Å². The van der Waals surface area contributed by atoms with Crippen LogP contribution in [0.3, 0.4) is 0 Å². The van der Waals surface area contributed by atoms with E-state index in [0.717, 1.165) is 18.9 Å². The summed E-state index contributed by atoms with van der Waals surface area (Å²) in [6.45, 7) is 2.02. The summed E-state index contributed by atoms with van der Waals surface area (Å²) < 4.78 is 39.5. The molecule has 0 aliphatic rings. The molecule has 0 bridgehead atoms. The summed E-state index contributed by atoms with van der Waals surface area (Å²) in [6, 6.07) is 2.39. The van der Waals surface area contributed by atoms with Crippen LogP contribution in [0.1, 0.15) is 31.2 Å². The fourth-order valence-electron chi connectivity index (χ4n) is 1.69. The highest BCUT2D eigenvalue weighted by molar-refractivity contribution is 5.49. The van der Waals surface area contributed by atoms with Crippen LogP contribution >= 0.6 is 0 Å². The second-order valence-electron chi connectivity index (χ2n) is 3.83. The van der Waals surface area contributed by atoms with E-state index in [1.807, 2.05) is 6.92 Å². The molecule has 17 heavy (non-hydrogen) atoms. The van der Waals surface area contributed by atoms with Crippen molar-refractivity contribution in [3.05, 3.63) is 29.7 Å². The van der Waals surface area contributed by atoms with Crippen molar-refractivity contribution < 1.29 is 13.2 Å². The van der Waals surface area contributed by atoms with E-state index in [9.17, 15) is 13.2 Å². The number of alkyl halides is 3. The number of pyridine rings is 1. The maximum atomic E-state index is 12.7.